The lowest BCUT2D eigenvalue weighted by Gasteiger charge is -2.50. The van der Waals surface area contributed by atoms with Gasteiger partial charge in [0.2, 0.25) is 17.6 Å². The molecule has 2 aliphatic carbocycles. The molecule has 3 fully saturated rings. The van der Waals surface area contributed by atoms with E-state index in [1.165, 1.54) is 51.7 Å². The van der Waals surface area contributed by atoms with Gasteiger partial charge in [0.25, 0.3) is 17.5 Å². The average molecular weight is 814 g/mol. The average Bonchev–Trinajstić information content (AvgIpc) is 3.59. The van der Waals surface area contributed by atoms with Crippen LogP contribution in [0.25, 0.3) is 0 Å². The summed E-state index contributed by atoms with van der Waals surface area (Å²) in [6.07, 6.45) is 1.99. The summed E-state index contributed by atoms with van der Waals surface area (Å²) in [5, 5.41) is 23.8. The summed E-state index contributed by atoms with van der Waals surface area (Å²) in [6, 6.07) is 19.7. The number of phenolic OH excluding ortho intramolecular Hbond substituents is 1. The van der Waals surface area contributed by atoms with Crippen molar-refractivity contribution in [3.63, 3.8) is 0 Å². The van der Waals surface area contributed by atoms with E-state index in [0.29, 0.717) is 27.5 Å². The smallest absolute Gasteiger partial charge is 0.269 e. The second-order valence-corrected chi connectivity index (χ2v) is 15.1. The topological polar surface area (TPSA) is 178 Å². The number of nitrogens with one attached hydrogen (secondary N) is 1. The Morgan fingerprint density at radius 1 is 0.842 bits per heavy atom. The number of rotatable bonds is 9. The number of methoxy groups -OCH3 is 3. The quantitative estimate of drug-likeness (QED) is 0.0784. The summed E-state index contributed by atoms with van der Waals surface area (Å²) in [4.78, 5) is 71.1. The molecule has 0 unspecified atom stereocenters. The van der Waals surface area contributed by atoms with Crippen LogP contribution >= 0.6 is 23.2 Å². The molecule has 57 heavy (non-hydrogen) atoms. The maximum Gasteiger partial charge on any atom is 0.269 e. The van der Waals surface area contributed by atoms with E-state index in [1.807, 2.05) is 6.08 Å². The van der Waals surface area contributed by atoms with Crippen molar-refractivity contribution in [3.8, 4) is 23.0 Å². The molecule has 0 aromatic heterocycles. The van der Waals surface area contributed by atoms with Gasteiger partial charge in [0, 0.05) is 23.1 Å². The van der Waals surface area contributed by atoms with Crippen molar-refractivity contribution in [2.45, 2.75) is 24.2 Å². The number of imide groups is 2. The van der Waals surface area contributed by atoms with Crippen LogP contribution < -0.4 is 24.5 Å². The molecule has 0 spiro atoms. The van der Waals surface area contributed by atoms with Gasteiger partial charge in [-0.15, -0.1) is 0 Å². The van der Waals surface area contributed by atoms with Crippen LogP contribution in [-0.2, 0) is 24.6 Å². The third-order valence-corrected chi connectivity index (χ3v) is 12.3. The fraction of sp³-hybridized carbons (Fsp3) is 0.268. The van der Waals surface area contributed by atoms with Crippen LogP contribution in [0.15, 0.2) is 90.5 Å². The number of anilines is 2. The number of allylic oxidation sites excluding steroid dienone is 2. The zero-order valence-corrected chi connectivity index (χ0v) is 32.1. The molecule has 292 valence electrons. The van der Waals surface area contributed by atoms with E-state index >= 15 is 9.59 Å². The minimum atomic E-state index is -1.68. The molecule has 1 saturated carbocycles. The normalized spacial score (nSPS) is 25.1. The van der Waals surface area contributed by atoms with Crippen LogP contribution in [0.4, 0.5) is 17.1 Å². The number of carbonyl (C=O) groups is 4. The second kappa shape index (κ2) is 14.1. The summed E-state index contributed by atoms with van der Waals surface area (Å²) >= 11 is 12.7. The van der Waals surface area contributed by atoms with E-state index in [0.717, 1.165) is 9.91 Å². The molecule has 2 saturated heterocycles. The minimum Gasteiger partial charge on any atom is -0.502 e. The van der Waals surface area contributed by atoms with Gasteiger partial charge in [-0.3, -0.25) is 39.6 Å². The molecule has 14 nitrogen and oxygen atoms in total. The second-order valence-electron chi connectivity index (χ2n) is 14.3. The third kappa shape index (κ3) is 5.68. The van der Waals surface area contributed by atoms with Crippen LogP contribution in [-0.4, -0.2) is 60.0 Å². The number of hydrogen-bond donors (Lipinski definition) is 2. The minimum absolute atomic E-state index is 0.00783. The molecular formula is C41H34Cl2N4O10. The van der Waals surface area contributed by atoms with E-state index in [-0.39, 0.29) is 52.2 Å². The molecule has 0 bridgehead atoms. The summed E-state index contributed by atoms with van der Waals surface area (Å²) in [7, 11) is 4.25. The Morgan fingerprint density at radius 2 is 1.51 bits per heavy atom. The standard InChI is InChI=1S/C41H34Cl2N4O10/c1-55-25-11-4-21(5-12-25)41-29(38(50)46(40(41)52)44-31-15-6-22(42)18-30(31)43)19-28-26(35(41)20-16-32(56-2)36(48)33(17-20)57-3)13-14-27-34(28)39(51)45(37(27)49)23-7-9-24(10-8-23)47(53)54/h4-13,15-18,27-29,34-35,44,48H,14,19H2,1-3H3/t27-,28+,29-,34-,35-,41+/m0/s1. The first kappa shape index (κ1) is 37.8. The number of fused-ring (bicyclic) bond motifs is 4. The Balaban J connectivity index is 1.34. The largest absolute Gasteiger partial charge is 0.502 e. The first-order valence-corrected chi connectivity index (χ1v) is 18.6. The number of benzene rings is 4. The number of carbonyl (C=O) groups excluding carboxylic acids is 4. The van der Waals surface area contributed by atoms with Gasteiger partial charge in [-0.2, -0.15) is 5.01 Å². The van der Waals surface area contributed by atoms with E-state index in [1.54, 1.807) is 48.5 Å². The highest BCUT2D eigenvalue weighted by atomic mass is 35.5. The Morgan fingerprint density at radius 3 is 2.11 bits per heavy atom. The lowest BCUT2D eigenvalue weighted by molar-refractivity contribution is -0.384. The third-order valence-electron chi connectivity index (χ3n) is 11.7. The highest BCUT2D eigenvalue weighted by Gasteiger charge is 2.70. The number of phenols is 1. The highest BCUT2D eigenvalue weighted by Crippen LogP contribution is 2.65. The van der Waals surface area contributed by atoms with E-state index < -0.39 is 63.6 Å². The van der Waals surface area contributed by atoms with Gasteiger partial charge in [-0.05, 0) is 84.5 Å². The number of hydrogen-bond acceptors (Lipinski definition) is 11. The molecule has 2 heterocycles. The monoisotopic (exact) mass is 812 g/mol. The van der Waals surface area contributed by atoms with Gasteiger partial charge in [0.15, 0.2) is 11.5 Å². The molecule has 4 amide bonds. The lowest BCUT2D eigenvalue weighted by Crippen LogP contribution is -2.53. The molecule has 6 atom stereocenters. The van der Waals surface area contributed by atoms with Gasteiger partial charge < -0.3 is 19.3 Å². The number of nitro benzene ring substituents is 1. The van der Waals surface area contributed by atoms with Crippen LogP contribution in [0.2, 0.25) is 10.0 Å². The number of halogens is 2. The number of amides is 4. The van der Waals surface area contributed by atoms with Gasteiger partial charge in [-0.25, -0.2) is 0 Å². The predicted molar refractivity (Wildman–Crippen MR) is 207 cm³/mol. The van der Waals surface area contributed by atoms with Crippen LogP contribution in [0.1, 0.15) is 29.9 Å². The van der Waals surface area contributed by atoms with Gasteiger partial charge >= 0.3 is 0 Å². The zero-order chi connectivity index (χ0) is 40.5. The number of aromatic hydroxyl groups is 1. The molecule has 4 aliphatic rings. The van der Waals surface area contributed by atoms with Crippen molar-refractivity contribution in [2.75, 3.05) is 31.7 Å². The van der Waals surface area contributed by atoms with Gasteiger partial charge in [0.1, 0.15) is 5.75 Å². The first-order chi connectivity index (χ1) is 27.3. The Hall–Kier alpha value is -6.12. The number of hydrazine groups is 1. The molecule has 2 aliphatic heterocycles. The molecule has 4 aromatic rings. The summed E-state index contributed by atoms with van der Waals surface area (Å²) in [5.74, 6) is -6.51. The van der Waals surface area contributed by atoms with Gasteiger partial charge in [0.05, 0.1) is 65.8 Å². The lowest BCUT2D eigenvalue weighted by atomic mass is 9.49. The zero-order valence-electron chi connectivity index (χ0n) is 30.6. The summed E-state index contributed by atoms with van der Waals surface area (Å²) in [6.45, 7) is 0. The van der Waals surface area contributed by atoms with Crippen molar-refractivity contribution in [2.24, 2.45) is 23.7 Å². The molecule has 0 radical (unpaired) electrons. The van der Waals surface area contributed by atoms with Crippen molar-refractivity contribution >= 4 is 63.9 Å². The predicted octanol–water partition coefficient (Wildman–Crippen LogP) is 6.82. The van der Waals surface area contributed by atoms with Crippen LogP contribution in [0.5, 0.6) is 23.0 Å². The number of non-ortho nitro benzene ring substituents is 1. The summed E-state index contributed by atoms with van der Waals surface area (Å²) < 4.78 is 16.6. The maximum atomic E-state index is 15.5. The first-order valence-electron chi connectivity index (χ1n) is 17.9. The number of nitro groups is 1. The molecular weight excluding hydrogens is 779 g/mol. The van der Waals surface area contributed by atoms with Crippen molar-refractivity contribution in [1.82, 2.24) is 5.01 Å². The van der Waals surface area contributed by atoms with Crippen molar-refractivity contribution in [3.05, 3.63) is 122 Å². The van der Waals surface area contributed by atoms with Crippen molar-refractivity contribution in [1.29, 1.82) is 0 Å². The SMILES string of the molecule is COc1ccc([C@@]23C(=O)N(Nc4ccc(Cl)cc4Cl)C(=O)[C@@H]2C[C@@H]2C(=CC[C@@H]4C(=O)N(c5ccc([N+](=O)[O-])cc5)C(=O)[C@@H]42)[C@@H]3c2cc(OC)c(O)c(OC)c2)cc1. The molecule has 8 rings (SSSR count). The fourth-order valence-corrected chi connectivity index (χ4v) is 9.73. The van der Waals surface area contributed by atoms with Gasteiger partial charge in [-0.1, -0.05) is 47.0 Å². The van der Waals surface area contributed by atoms with E-state index in [9.17, 15) is 24.8 Å². The number of ether oxygens (including phenoxy) is 3. The molecule has 16 heteroatoms. The fourth-order valence-electron chi connectivity index (χ4n) is 9.28. The molecule has 4 aromatic carbocycles. The summed E-state index contributed by atoms with van der Waals surface area (Å²) in [5.41, 5.74) is 3.04. The van der Waals surface area contributed by atoms with Crippen LogP contribution in [0.3, 0.4) is 0 Å². The molecule has 2 N–H and O–H groups in total. The van der Waals surface area contributed by atoms with E-state index in [4.69, 9.17) is 37.4 Å². The Bertz CT molecular complexity index is 2380. The Kier molecular flexibility index (Phi) is 9.36. The maximum absolute atomic E-state index is 15.5. The van der Waals surface area contributed by atoms with Crippen molar-refractivity contribution < 1.29 is 43.4 Å². The van der Waals surface area contributed by atoms with E-state index in [2.05, 4.69) is 5.43 Å². The Labute approximate surface area is 335 Å². The number of nitrogens with zero attached hydrogens (tertiary/aromatic N) is 3. The highest BCUT2D eigenvalue weighted by molar-refractivity contribution is 6.36. The van der Waals surface area contributed by atoms with Crippen LogP contribution in [0, 0.1) is 33.8 Å².